The van der Waals surface area contributed by atoms with E-state index in [1.807, 2.05) is 73.8 Å². The number of aromatic nitrogens is 3. The zero-order valence-corrected chi connectivity index (χ0v) is 18.6. The molecule has 0 spiro atoms. The maximum atomic E-state index is 13.5. The third-order valence-electron chi connectivity index (χ3n) is 6.30. The number of imidazole rings is 1. The lowest BCUT2D eigenvalue weighted by Crippen LogP contribution is -2.37. The Hall–Kier alpha value is -3.71. The van der Waals surface area contributed by atoms with Crippen LogP contribution in [0.15, 0.2) is 77.6 Å². The maximum Gasteiger partial charge on any atom is 0.330 e. The Kier molecular flexibility index (Phi) is 5.79. The summed E-state index contributed by atoms with van der Waals surface area (Å²) >= 11 is 0. The van der Waals surface area contributed by atoms with Crippen LogP contribution in [0.4, 0.5) is 5.82 Å². The van der Waals surface area contributed by atoms with E-state index in [1.54, 1.807) is 15.2 Å². The molecule has 5 rings (SSSR count). The first-order valence-corrected chi connectivity index (χ1v) is 11.3. The van der Waals surface area contributed by atoms with Gasteiger partial charge in [-0.2, -0.15) is 0 Å². The summed E-state index contributed by atoms with van der Waals surface area (Å²) in [6.45, 7) is 1.79. The summed E-state index contributed by atoms with van der Waals surface area (Å²) in [6.07, 6.45) is 1.86. The molecule has 0 unspecified atom stereocenters. The van der Waals surface area contributed by atoms with Crippen LogP contribution in [0.25, 0.3) is 11.2 Å². The summed E-state index contributed by atoms with van der Waals surface area (Å²) < 4.78 is 3.43. The molecule has 2 aromatic heterocycles. The van der Waals surface area contributed by atoms with Crippen molar-refractivity contribution in [2.45, 2.75) is 32.0 Å². The number of likely N-dealkylation sites (N-methyl/N-ethyl adjacent to an activating group) is 1. The second-order valence-electron chi connectivity index (χ2n) is 8.59. The van der Waals surface area contributed by atoms with E-state index in [2.05, 4.69) is 10.2 Å². The lowest BCUT2D eigenvalue weighted by molar-refractivity contribution is -0.119. The zero-order chi connectivity index (χ0) is 22.8. The minimum absolute atomic E-state index is 0.0532. The van der Waals surface area contributed by atoms with Crippen molar-refractivity contribution < 1.29 is 4.79 Å². The zero-order valence-electron chi connectivity index (χ0n) is 18.6. The fraction of sp³-hybridized carbons (Fsp3) is 0.269. The molecule has 4 aromatic rings. The summed E-state index contributed by atoms with van der Waals surface area (Å²) in [7, 11) is 1.97. The molecular formula is C26H27N5O2. The number of hydrogen-bond acceptors (Lipinski definition) is 4. The Morgan fingerprint density at radius 2 is 1.58 bits per heavy atom. The van der Waals surface area contributed by atoms with E-state index in [1.165, 1.54) is 0 Å². The number of nitrogens with one attached hydrogen (secondary N) is 1. The van der Waals surface area contributed by atoms with Crippen LogP contribution >= 0.6 is 0 Å². The number of anilines is 1. The van der Waals surface area contributed by atoms with Crippen LogP contribution < -0.4 is 11.0 Å². The normalized spacial score (nSPS) is 16.3. The van der Waals surface area contributed by atoms with E-state index in [0.717, 1.165) is 36.0 Å². The largest absolute Gasteiger partial charge is 0.330 e. The lowest BCUT2D eigenvalue weighted by Gasteiger charge is -2.18. The highest BCUT2D eigenvalue weighted by Crippen LogP contribution is 2.20. The summed E-state index contributed by atoms with van der Waals surface area (Å²) in [6, 6.07) is 23.3. The predicted octanol–water partition coefficient (Wildman–Crippen LogP) is 3.33. The first kappa shape index (κ1) is 21.2. The van der Waals surface area contributed by atoms with E-state index >= 15 is 0 Å². The molecule has 2 aromatic carbocycles. The molecule has 3 heterocycles. The molecule has 1 aliphatic rings. The van der Waals surface area contributed by atoms with E-state index in [4.69, 9.17) is 4.98 Å². The molecule has 1 saturated heterocycles. The highest BCUT2D eigenvalue weighted by molar-refractivity contribution is 5.95. The molecule has 168 valence electrons. The molecule has 0 aliphatic carbocycles. The van der Waals surface area contributed by atoms with Crippen molar-refractivity contribution in [2.24, 2.45) is 0 Å². The van der Waals surface area contributed by atoms with Gasteiger partial charge in [0.05, 0.1) is 24.6 Å². The van der Waals surface area contributed by atoms with Crippen LogP contribution in [0, 0.1) is 0 Å². The lowest BCUT2D eigenvalue weighted by atomic mass is 10.2. The standard InChI is InChI=1S/C26H27N5O2/c1-29-16-8-13-22(29)25(32)28-23-15-14-21-24(27-23)31(18-20-11-6-3-7-12-20)26(33)30(21)17-19-9-4-2-5-10-19/h2-7,9-12,14-15,22H,8,13,16-18H2,1H3,(H,27,28,32)/t22-/m0/s1. The summed E-state index contributed by atoms with van der Waals surface area (Å²) in [5, 5.41) is 2.96. The van der Waals surface area contributed by atoms with Gasteiger partial charge in [-0.1, -0.05) is 60.7 Å². The van der Waals surface area contributed by atoms with Gasteiger partial charge in [-0.3, -0.25) is 18.8 Å². The molecule has 0 saturated carbocycles. The maximum absolute atomic E-state index is 13.5. The van der Waals surface area contributed by atoms with E-state index in [0.29, 0.717) is 24.6 Å². The highest BCUT2D eigenvalue weighted by atomic mass is 16.2. The second kappa shape index (κ2) is 9.03. The SMILES string of the molecule is CN1CCC[C@H]1C(=O)Nc1ccc2c(n1)n(Cc1ccccc1)c(=O)n2Cc1ccccc1. The highest BCUT2D eigenvalue weighted by Gasteiger charge is 2.28. The van der Waals surface area contributed by atoms with Gasteiger partial charge in [0.1, 0.15) is 5.82 Å². The average molecular weight is 442 g/mol. The van der Waals surface area contributed by atoms with Crippen molar-refractivity contribution in [1.29, 1.82) is 0 Å². The quantitative estimate of drug-likeness (QED) is 0.498. The van der Waals surface area contributed by atoms with Crippen LogP contribution in [-0.2, 0) is 17.9 Å². The Morgan fingerprint density at radius 1 is 0.939 bits per heavy atom. The molecule has 1 aliphatic heterocycles. The van der Waals surface area contributed by atoms with Crippen molar-refractivity contribution in [3.63, 3.8) is 0 Å². The number of hydrogen-bond donors (Lipinski definition) is 1. The molecule has 1 amide bonds. The van der Waals surface area contributed by atoms with Gasteiger partial charge in [-0.15, -0.1) is 0 Å². The van der Waals surface area contributed by atoms with Crippen molar-refractivity contribution >= 4 is 22.9 Å². The molecule has 1 atom stereocenters. The van der Waals surface area contributed by atoms with Crippen LogP contribution in [0.5, 0.6) is 0 Å². The van der Waals surface area contributed by atoms with Crippen LogP contribution in [0.3, 0.4) is 0 Å². The number of carbonyl (C=O) groups excluding carboxylic acids is 1. The smallest absolute Gasteiger partial charge is 0.309 e. The number of pyridine rings is 1. The minimum atomic E-state index is -0.142. The van der Waals surface area contributed by atoms with Crippen LogP contribution in [0.1, 0.15) is 24.0 Å². The summed E-state index contributed by atoms with van der Waals surface area (Å²) in [4.78, 5) is 33.0. The fourth-order valence-electron chi connectivity index (χ4n) is 4.54. The minimum Gasteiger partial charge on any atom is -0.309 e. The molecular weight excluding hydrogens is 414 g/mol. The number of amides is 1. The molecule has 0 radical (unpaired) electrons. The average Bonchev–Trinajstić information content (AvgIpc) is 3.37. The second-order valence-corrected chi connectivity index (χ2v) is 8.59. The number of likely N-dealkylation sites (tertiary alicyclic amines) is 1. The van der Waals surface area contributed by atoms with Crippen molar-refractivity contribution in [2.75, 3.05) is 18.9 Å². The van der Waals surface area contributed by atoms with Crippen LogP contribution in [-0.4, -0.2) is 44.6 Å². The Bertz CT molecular complexity index is 1330. The first-order chi connectivity index (χ1) is 16.1. The fourth-order valence-corrected chi connectivity index (χ4v) is 4.54. The van der Waals surface area contributed by atoms with Gasteiger partial charge in [0.25, 0.3) is 0 Å². The van der Waals surface area contributed by atoms with Gasteiger partial charge < -0.3 is 5.32 Å². The topological polar surface area (TPSA) is 72.2 Å². The summed E-state index contributed by atoms with van der Waals surface area (Å²) in [5.74, 6) is 0.411. The third kappa shape index (κ3) is 4.32. The number of benzene rings is 2. The molecule has 7 heteroatoms. The van der Waals surface area contributed by atoms with Crippen molar-refractivity contribution in [1.82, 2.24) is 19.0 Å². The Morgan fingerprint density at radius 3 is 2.18 bits per heavy atom. The van der Waals surface area contributed by atoms with E-state index < -0.39 is 0 Å². The Balaban J connectivity index is 1.54. The molecule has 0 bridgehead atoms. The third-order valence-corrected chi connectivity index (χ3v) is 6.30. The van der Waals surface area contributed by atoms with Crippen molar-refractivity contribution in [3.05, 3.63) is 94.4 Å². The molecule has 1 N–H and O–H groups in total. The molecule has 33 heavy (non-hydrogen) atoms. The summed E-state index contributed by atoms with van der Waals surface area (Å²) in [5.41, 5.74) is 3.25. The number of fused-ring (bicyclic) bond motifs is 1. The molecule has 1 fully saturated rings. The first-order valence-electron chi connectivity index (χ1n) is 11.3. The van der Waals surface area contributed by atoms with Gasteiger partial charge >= 0.3 is 5.69 Å². The monoisotopic (exact) mass is 441 g/mol. The van der Waals surface area contributed by atoms with Gasteiger partial charge in [0, 0.05) is 0 Å². The van der Waals surface area contributed by atoms with Crippen molar-refractivity contribution in [3.8, 4) is 0 Å². The number of rotatable bonds is 6. The predicted molar refractivity (Wildman–Crippen MR) is 129 cm³/mol. The van der Waals surface area contributed by atoms with Gasteiger partial charge in [-0.25, -0.2) is 9.78 Å². The van der Waals surface area contributed by atoms with E-state index in [-0.39, 0.29) is 17.6 Å². The van der Waals surface area contributed by atoms with Gasteiger partial charge in [-0.05, 0) is 49.7 Å². The Labute approximate surface area is 192 Å². The van der Waals surface area contributed by atoms with Gasteiger partial charge in [0.15, 0.2) is 5.65 Å². The number of nitrogens with zero attached hydrogens (tertiary/aromatic N) is 4. The van der Waals surface area contributed by atoms with Gasteiger partial charge in [0.2, 0.25) is 5.91 Å². The van der Waals surface area contributed by atoms with Crippen LogP contribution in [0.2, 0.25) is 0 Å². The van der Waals surface area contributed by atoms with E-state index in [9.17, 15) is 9.59 Å². The molecule has 7 nitrogen and oxygen atoms in total. The number of carbonyl (C=O) groups is 1.